The van der Waals surface area contributed by atoms with Crippen molar-refractivity contribution in [2.75, 3.05) is 11.9 Å². The highest BCUT2D eigenvalue weighted by molar-refractivity contribution is 6.04. The molecule has 0 radical (unpaired) electrons. The summed E-state index contributed by atoms with van der Waals surface area (Å²) in [5.74, 6) is 2.50. The zero-order chi connectivity index (χ0) is 19.6. The Balaban J connectivity index is 1.76. The molecule has 8 nitrogen and oxygen atoms in total. The molecule has 0 saturated carbocycles. The molecule has 0 aliphatic carbocycles. The minimum atomic E-state index is -0.463. The summed E-state index contributed by atoms with van der Waals surface area (Å²) in [6.45, 7) is 10.6. The number of hydrogen-bond donors (Lipinski definition) is 2. The number of fused-ring (bicyclic) bond motifs is 1. The number of anilines is 1. The van der Waals surface area contributed by atoms with Crippen molar-refractivity contribution in [3.63, 3.8) is 0 Å². The Kier molecular flexibility index (Phi) is 5.24. The van der Waals surface area contributed by atoms with Crippen LogP contribution in [-0.4, -0.2) is 39.4 Å². The smallest absolute Gasteiger partial charge is 0.195 e. The van der Waals surface area contributed by atoms with Gasteiger partial charge in [-0.1, -0.05) is 0 Å². The number of pyridine rings is 1. The van der Waals surface area contributed by atoms with E-state index in [1.54, 1.807) is 6.20 Å². The van der Waals surface area contributed by atoms with Crippen LogP contribution in [0.25, 0.3) is 11.0 Å². The number of nitrogens with zero attached hydrogens (tertiary/aromatic N) is 6. The lowest BCUT2D eigenvalue weighted by atomic mass is 9.96. The van der Waals surface area contributed by atoms with Crippen molar-refractivity contribution in [1.29, 1.82) is 5.26 Å². The molecule has 3 rings (SSSR count). The quantitative estimate of drug-likeness (QED) is 0.846. The van der Waals surface area contributed by atoms with E-state index >= 15 is 0 Å². The van der Waals surface area contributed by atoms with Gasteiger partial charge in [0.25, 0.3) is 0 Å². The average Bonchev–Trinajstić information content (AvgIpc) is 2.96. The number of amidine groups is 1. The molecule has 2 N–H and O–H groups in total. The zero-order valence-electron chi connectivity index (χ0n) is 16.5. The van der Waals surface area contributed by atoms with Crippen molar-refractivity contribution < 1.29 is 0 Å². The molecule has 2 aromatic heterocycles. The second-order valence-corrected chi connectivity index (χ2v) is 7.67. The Morgan fingerprint density at radius 2 is 2.19 bits per heavy atom. The van der Waals surface area contributed by atoms with Crippen molar-refractivity contribution in [3.05, 3.63) is 18.1 Å². The molecule has 27 heavy (non-hydrogen) atoms. The molecular formula is C19H26N8. The third-order valence-corrected chi connectivity index (χ3v) is 4.38. The van der Waals surface area contributed by atoms with Crippen LogP contribution < -0.4 is 10.6 Å². The van der Waals surface area contributed by atoms with E-state index in [1.165, 1.54) is 0 Å². The van der Waals surface area contributed by atoms with Crippen LogP contribution in [0.3, 0.4) is 0 Å². The molecule has 0 fully saturated rings. The van der Waals surface area contributed by atoms with Crippen LogP contribution in [0.2, 0.25) is 0 Å². The predicted molar refractivity (Wildman–Crippen MR) is 108 cm³/mol. The summed E-state index contributed by atoms with van der Waals surface area (Å²) in [5, 5.41) is 15.6. The first-order chi connectivity index (χ1) is 12.8. The van der Waals surface area contributed by atoms with Crippen molar-refractivity contribution >= 4 is 28.9 Å². The van der Waals surface area contributed by atoms with Crippen LogP contribution in [0, 0.1) is 23.7 Å². The Bertz CT molecular complexity index is 929. The van der Waals surface area contributed by atoms with Gasteiger partial charge in [0.15, 0.2) is 6.29 Å². The van der Waals surface area contributed by atoms with Crippen molar-refractivity contribution in [3.8, 4) is 6.07 Å². The number of nitrogens with one attached hydrogen (secondary N) is 2. The number of nitriles is 1. The molecule has 0 saturated heterocycles. The van der Waals surface area contributed by atoms with Gasteiger partial charge in [0.1, 0.15) is 23.0 Å². The number of imidazole rings is 1. The van der Waals surface area contributed by atoms with E-state index in [4.69, 9.17) is 5.26 Å². The standard InChI is InChI=1S/C19H26N8/c1-12(2)27-13(3)24-14-9-22-17(8-15(14)27)25-16-6-7-21-18(26-16)23-11-19(4,5)10-20/h7-9,12,18,23H,6,11H2,1-5H3,(H,22,25,26). The molecule has 0 spiro atoms. The number of hydrogen-bond acceptors (Lipinski definition) is 7. The fourth-order valence-electron chi connectivity index (χ4n) is 3.03. The topological polar surface area (TPSA) is 103 Å². The zero-order valence-corrected chi connectivity index (χ0v) is 16.5. The third-order valence-electron chi connectivity index (χ3n) is 4.38. The highest BCUT2D eigenvalue weighted by Gasteiger charge is 2.19. The summed E-state index contributed by atoms with van der Waals surface area (Å²) >= 11 is 0. The van der Waals surface area contributed by atoms with Crippen LogP contribution in [0.1, 0.15) is 46.0 Å². The van der Waals surface area contributed by atoms with Gasteiger partial charge >= 0.3 is 0 Å². The van der Waals surface area contributed by atoms with E-state index < -0.39 is 5.41 Å². The Hall–Kier alpha value is -2.79. The van der Waals surface area contributed by atoms with Crippen molar-refractivity contribution in [2.45, 2.75) is 53.4 Å². The molecule has 1 unspecified atom stereocenters. The first-order valence-electron chi connectivity index (χ1n) is 9.13. The molecule has 142 valence electrons. The van der Waals surface area contributed by atoms with E-state index in [-0.39, 0.29) is 6.29 Å². The van der Waals surface area contributed by atoms with Gasteiger partial charge in [0.05, 0.1) is 23.2 Å². The lowest BCUT2D eigenvalue weighted by Crippen LogP contribution is -2.37. The minimum absolute atomic E-state index is 0.321. The van der Waals surface area contributed by atoms with Crippen molar-refractivity contribution in [1.82, 2.24) is 19.9 Å². The molecular weight excluding hydrogens is 340 g/mol. The fraction of sp³-hybridized carbons (Fsp3) is 0.526. The Morgan fingerprint density at radius 1 is 1.41 bits per heavy atom. The van der Waals surface area contributed by atoms with E-state index in [9.17, 15) is 0 Å². The van der Waals surface area contributed by atoms with Gasteiger partial charge in [0, 0.05) is 31.3 Å². The summed E-state index contributed by atoms with van der Waals surface area (Å²) in [6.07, 6.45) is 3.84. The summed E-state index contributed by atoms with van der Waals surface area (Å²) in [5.41, 5.74) is 1.48. The van der Waals surface area contributed by atoms with Crippen LogP contribution in [0.5, 0.6) is 0 Å². The maximum atomic E-state index is 9.13. The summed E-state index contributed by atoms with van der Waals surface area (Å²) in [7, 11) is 0. The lowest BCUT2D eigenvalue weighted by molar-refractivity contribution is 0.409. The average molecular weight is 366 g/mol. The van der Waals surface area contributed by atoms with E-state index in [1.807, 2.05) is 33.1 Å². The third kappa shape index (κ3) is 4.31. The maximum Gasteiger partial charge on any atom is 0.195 e. The van der Waals surface area contributed by atoms with E-state index in [0.717, 1.165) is 28.5 Å². The number of aliphatic imine (C=N–C) groups is 2. The van der Waals surface area contributed by atoms with E-state index in [0.29, 0.717) is 19.0 Å². The Labute approximate surface area is 159 Å². The molecule has 0 amide bonds. The molecule has 1 aliphatic heterocycles. The summed E-state index contributed by atoms with van der Waals surface area (Å²) in [4.78, 5) is 18.0. The van der Waals surface area contributed by atoms with Crippen LogP contribution >= 0.6 is 0 Å². The molecule has 1 aliphatic rings. The highest BCUT2D eigenvalue weighted by Crippen LogP contribution is 2.22. The van der Waals surface area contributed by atoms with Gasteiger partial charge in [-0.05, 0) is 34.6 Å². The summed E-state index contributed by atoms with van der Waals surface area (Å²) < 4.78 is 2.20. The molecule has 2 aromatic rings. The van der Waals surface area contributed by atoms with Crippen molar-refractivity contribution in [2.24, 2.45) is 15.4 Å². The number of aryl methyl sites for hydroxylation is 1. The summed E-state index contributed by atoms with van der Waals surface area (Å²) in [6, 6.07) is 4.59. The SMILES string of the molecule is Cc1nc2cnc(NC3=NC(NCC(C)(C)C#N)N=CC3)cc2n1C(C)C. The largest absolute Gasteiger partial charge is 0.328 e. The van der Waals surface area contributed by atoms with Gasteiger partial charge in [-0.15, -0.1) is 0 Å². The monoisotopic (exact) mass is 366 g/mol. The highest BCUT2D eigenvalue weighted by atomic mass is 15.2. The second-order valence-electron chi connectivity index (χ2n) is 7.67. The van der Waals surface area contributed by atoms with Crippen LogP contribution in [-0.2, 0) is 0 Å². The molecule has 1 atom stereocenters. The normalized spacial score (nSPS) is 17.2. The maximum absolute atomic E-state index is 9.13. The van der Waals surface area contributed by atoms with Gasteiger partial charge in [-0.3, -0.25) is 10.3 Å². The van der Waals surface area contributed by atoms with Crippen LogP contribution in [0.4, 0.5) is 5.82 Å². The van der Waals surface area contributed by atoms with Gasteiger partial charge in [-0.25, -0.2) is 15.0 Å². The predicted octanol–water partition coefficient (Wildman–Crippen LogP) is 3.03. The van der Waals surface area contributed by atoms with Gasteiger partial charge in [-0.2, -0.15) is 5.26 Å². The second kappa shape index (κ2) is 7.45. The first-order valence-corrected chi connectivity index (χ1v) is 9.13. The van der Waals surface area contributed by atoms with Crippen LogP contribution in [0.15, 0.2) is 22.2 Å². The fourth-order valence-corrected chi connectivity index (χ4v) is 3.03. The van der Waals surface area contributed by atoms with Gasteiger partial charge < -0.3 is 9.88 Å². The van der Waals surface area contributed by atoms with Gasteiger partial charge in [0.2, 0.25) is 0 Å². The number of rotatable bonds is 5. The molecule has 3 heterocycles. The minimum Gasteiger partial charge on any atom is -0.328 e. The first kappa shape index (κ1) is 19.0. The molecule has 0 bridgehead atoms. The number of aromatic nitrogens is 3. The molecule has 0 aromatic carbocycles. The lowest BCUT2D eigenvalue weighted by Gasteiger charge is -2.21. The van der Waals surface area contributed by atoms with E-state index in [2.05, 4.69) is 55.1 Å². The Morgan fingerprint density at radius 3 is 2.89 bits per heavy atom. The molecule has 8 heteroatoms.